The average Bonchev–Trinajstić information content (AvgIpc) is 3.11. The average molecular weight is 521 g/mol. The van der Waals surface area contributed by atoms with Gasteiger partial charge in [-0.05, 0) is 20.8 Å². The maximum absolute atomic E-state index is 8.49. The molecule has 0 aliphatic rings. The minimum absolute atomic E-state index is 0. The number of hydrogen-bond acceptors (Lipinski definition) is 12. The van der Waals surface area contributed by atoms with Crippen LogP contribution in [0.3, 0.4) is 0 Å². The Bertz CT molecular complexity index is 750. The summed E-state index contributed by atoms with van der Waals surface area (Å²) in [6, 6.07) is 0.117. The fraction of sp³-hybridized carbons (Fsp3) is 0.385. The molecule has 30 heavy (non-hydrogen) atoms. The molecule has 14 nitrogen and oxygen atoms in total. The molecule has 2 aromatic heterocycles. The van der Waals surface area contributed by atoms with Crippen molar-refractivity contribution in [3.05, 3.63) is 35.4 Å². The smallest absolute Gasteiger partial charge is 0.348 e. The summed E-state index contributed by atoms with van der Waals surface area (Å²) < 4.78 is 67.9. The van der Waals surface area contributed by atoms with Gasteiger partial charge in [0.2, 0.25) is 0 Å². The zero-order chi connectivity index (χ0) is 22.7. The molecule has 0 saturated carbocycles. The van der Waals surface area contributed by atoms with Crippen LogP contribution >= 0.6 is 0 Å². The van der Waals surface area contributed by atoms with Gasteiger partial charge in [-0.2, -0.15) is 0 Å². The van der Waals surface area contributed by atoms with Gasteiger partial charge in [-0.25, -0.2) is 47.2 Å². The molecule has 2 N–H and O–H groups in total. The van der Waals surface area contributed by atoms with Crippen molar-refractivity contribution in [1.82, 2.24) is 19.9 Å². The van der Waals surface area contributed by atoms with Gasteiger partial charge < -0.3 is 9.97 Å². The predicted molar refractivity (Wildman–Crippen MR) is 76.2 cm³/mol. The molecule has 0 amide bonds. The first-order valence-electron chi connectivity index (χ1n) is 7.43. The van der Waals surface area contributed by atoms with Gasteiger partial charge in [-0.1, -0.05) is 0 Å². The Morgan fingerprint density at radius 3 is 1.57 bits per heavy atom. The number of nitrogens with zero attached hydrogens (tertiary/aromatic N) is 4. The van der Waals surface area contributed by atoms with Gasteiger partial charge in [-0.3, -0.25) is 9.98 Å². The molecule has 0 aliphatic carbocycles. The number of hydrogen-bond donors (Lipinski definition) is 2. The Labute approximate surface area is 186 Å². The Kier molecular flexibility index (Phi) is 14.9. The summed E-state index contributed by atoms with van der Waals surface area (Å²) >= 11 is 0. The third-order valence-corrected chi connectivity index (χ3v) is 2.77. The Morgan fingerprint density at radius 1 is 0.867 bits per heavy atom. The first-order valence-corrected chi connectivity index (χ1v) is 9.90. The Hall–Kier alpha value is -1.46. The number of aryl methyl sites for hydroxylation is 2. The van der Waals surface area contributed by atoms with E-state index in [-0.39, 0.29) is 23.1 Å². The van der Waals surface area contributed by atoms with Crippen LogP contribution in [0.4, 0.5) is 0 Å². The van der Waals surface area contributed by atoms with E-state index in [0.29, 0.717) is 6.54 Å². The molecular formula is C13H18Cl2CuN6O8. The first-order chi connectivity index (χ1) is 13.2. The predicted octanol–water partition coefficient (Wildman–Crippen LogP) is -7.84. The van der Waals surface area contributed by atoms with E-state index in [1.54, 1.807) is 25.1 Å². The molecular weight excluding hydrogens is 503 g/mol. The van der Waals surface area contributed by atoms with Crippen LogP contribution in [0.2, 0.25) is 0 Å². The number of aromatic nitrogens is 4. The van der Waals surface area contributed by atoms with E-state index in [1.807, 2.05) is 20.8 Å². The minimum atomic E-state index is -4.94. The van der Waals surface area contributed by atoms with E-state index in [0.717, 1.165) is 22.8 Å². The van der Waals surface area contributed by atoms with Crippen molar-refractivity contribution in [2.45, 2.75) is 26.8 Å². The van der Waals surface area contributed by atoms with Crippen LogP contribution < -0.4 is 37.3 Å². The third kappa shape index (κ3) is 19.8. The molecule has 2 aromatic rings. The second-order valence-corrected chi connectivity index (χ2v) is 6.71. The standard InChI is InChI=1S/C13H18N6.2ClHO4.Cu/c1-9(15-6-13-11(3)17-8-19-13)4-14-5-12-10(2)16-7-18-12;2*2-1(3,4)5;/h5-9H,4H2,1-3H3,(H,16,18)(H,17,19);2*(H,2,3,4,5);/q;;;+2/p-2/t9-;;;/m0.../s1. The van der Waals surface area contributed by atoms with E-state index >= 15 is 0 Å². The monoisotopic (exact) mass is 519 g/mol. The summed E-state index contributed by atoms with van der Waals surface area (Å²) in [6.45, 7) is 6.59. The molecule has 2 heterocycles. The Morgan fingerprint density at radius 2 is 1.23 bits per heavy atom. The summed E-state index contributed by atoms with van der Waals surface area (Å²) in [5, 5.41) is 0. The van der Waals surface area contributed by atoms with Gasteiger partial charge in [0.25, 0.3) is 0 Å². The molecule has 0 aliphatic heterocycles. The van der Waals surface area contributed by atoms with Crippen LogP contribution in [0.15, 0.2) is 22.6 Å². The molecule has 1 radical (unpaired) electrons. The summed E-state index contributed by atoms with van der Waals surface area (Å²) in [5.41, 5.74) is 3.79. The van der Waals surface area contributed by atoms with E-state index in [1.165, 1.54) is 0 Å². The topological polar surface area (TPSA) is 267 Å². The zero-order valence-electron chi connectivity index (χ0n) is 15.7. The maximum Gasteiger partial charge on any atom is 2.00 e. The van der Waals surface area contributed by atoms with Gasteiger partial charge in [0.15, 0.2) is 0 Å². The van der Waals surface area contributed by atoms with Crippen LogP contribution in [0.1, 0.15) is 29.7 Å². The zero-order valence-corrected chi connectivity index (χ0v) is 18.2. The van der Waals surface area contributed by atoms with Crippen molar-refractivity contribution < 1.29 is 74.8 Å². The van der Waals surface area contributed by atoms with Crippen molar-refractivity contribution in [1.29, 1.82) is 0 Å². The molecule has 173 valence electrons. The Balaban J connectivity index is 0. The van der Waals surface area contributed by atoms with E-state index in [2.05, 4.69) is 29.9 Å². The van der Waals surface area contributed by atoms with Crippen LogP contribution in [0, 0.1) is 34.3 Å². The molecule has 0 fully saturated rings. The second kappa shape index (κ2) is 14.5. The third-order valence-electron chi connectivity index (χ3n) is 2.77. The minimum Gasteiger partial charge on any atom is -0.348 e. The van der Waals surface area contributed by atoms with Gasteiger partial charge in [0, 0.05) is 23.8 Å². The summed E-state index contributed by atoms with van der Waals surface area (Å²) in [7, 11) is -9.89. The van der Waals surface area contributed by atoms with Gasteiger partial charge in [0.1, 0.15) is 11.4 Å². The first kappa shape index (κ1) is 30.7. The fourth-order valence-corrected chi connectivity index (χ4v) is 1.54. The van der Waals surface area contributed by atoms with Crippen molar-refractivity contribution >= 4 is 12.4 Å². The van der Waals surface area contributed by atoms with Crippen molar-refractivity contribution in [3.8, 4) is 0 Å². The van der Waals surface area contributed by atoms with E-state index in [9.17, 15) is 0 Å². The number of aliphatic imine (C=N–C) groups is 2. The fourth-order valence-electron chi connectivity index (χ4n) is 1.54. The molecule has 2 rings (SSSR count). The largest absolute Gasteiger partial charge is 2.00 e. The molecule has 0 saturated heterocycles. The van der Waals surface area contributed by atoms with Crippen LogP contribution in [0.25, 0.3) is 0 Å². The van der Waals surface area contributed by atoms with E-state index in [4.69, 9.17) is 37.3 Å². The molecule has 0 bridgehead atoms. The summed E-state index contributed by atoms with van der Waals surface area (Å²) in [4.78, 5) is 23.1. The van der Waals surface area contributed by atoms with Gasteiger partial charge >= 0.3 is 17.1 Å². The summed E-state index contributed by atoms with van der Waals surface area (Å²) in [6.07, 6.45) is 6.89. The molecule has 0 aromatic carbocycles. The van der Waals surface area contributed by atoms with Crippen LogP contribution in [-0.4, -0.2) is 45.0 Å². The van der Waals surface area contributed by atoms with Crippen LogP contribution in [0.5, 0.6) is 0 Å². The number of halogens is 2. The van der Waals surface area contributed by atoms with E-state index < -0.39 is 20.5 Å². The van der Waals surface area contributed by atoms with Crippen molar-refractivity contribution in [3.63, 3.8) is 0 Å². The molecule has 1 atom stereocenters. The van der Waals surface area contributed by atoms with Gasteiger partial charge in [-0.15, -0.1) is 20.5 Å². The molecule has 0 spiro atoms. The van der Waals surface area contributed by atoms with Crippen LogP contribution in [-0.2, 0) is 17.1 Å². The second-order valence-electron chi connectivity index (χ2n) is 5.20. The number of nitrogens with one attached hydrogen (secondary N) is 2. The number of imidazole rings is 2. The normalized spacial score (nSPS) is 12.6. The molecule has 0 unspecified atom stereocenters. The molecule has 17 heteroatoms. The number of aromatic amines is 2. The number of rotatable bonds is 5. The maximum atomic E-state index is 8.49. The van der Waals surface area contributed by atoms with Gasteiger partial charge in [0.05, 0.1) is 25.2 Å². The SMILES string of the molecule is Cc1[nH]cnc1C=NC[C@H](C)N=Cc1nc[nH]c1C.[Cu+2].[O-][Cl+3]([O-])([O-])[O-].[O-][Cl+3]([O-])([O-])[O-]. The summed E-state index contributed by atoms with van der Waals surface area (Å²) in [5.74, 6) is 0. The van der Waals surface area contributed by atoms with Crippen molar-refractivity contribution in [2.24, 2.45) is 9.98 Å². The van der Waals surface area contributed by atoms with Crippen molar-refractivity contribution in [2.75, 3.05) is 6.54 Å². The number of H-pyrrole nitrogens is 2. The quantitative estimate of drug-likeness (QED) is 0.277.